The molecular weight excluding hydrogens is 295 g/mol. The fourth-order valence-corrected chi connectivity index (χ4v) is 1.93. The number of hydrogen-bond donors (Lipinski definition) is 2. The van der Waals surface area contributed by atoms with E-state index in [4.69, 9.17) is 28.9 Å². The first kappa shape index (κ1) is 17.5. The van der Waals surface area contributed by atoms with Crippen molar-refractivity contribution in [2.24, 2.45) is 5.73 Å². The number of halogens is 3. The van der Waals surface area contributed by atoms with Gasteiger partial charge in [-0.3, -0.25) is 4.79 Å². The van der Waals surface area contributed by atoms with Gasteiger partial charge < -0.3 is 11.1 Å². The lowest BCUT2D eigenvalue weighted by molar-refractivity contribution is -0.122. The monoisotopic (exact) mass is 310 g/mol. The van der Waals surface area contributed by atoms with Gasteiger partial charge in [0.05, 0.1) is 6.04 Å². The summed E-state index contributed by atoms with van der Waals surface area (Å²) in [5.74, 6) is -0.164. The highest BCUT2D eigenvalue weighted by Gasteiger charge is 2.12. The largest absolute Gasteiger partial charge is 0.352 e. The summed E-state index contributed by atoms with van der Waals surface area (Å²) in [6.45, 7) is 3.56. The van der Waals surface area contributed by atoms with Crippen molar-refractivity contribution < 1.29 is 4.79 Å². The third kappa shape index (κ3) is 5.44. The maximum atomic E-state index is 11.4. The predicted molar refractivity (Wildman–Crippen MR) is 78.7 cm³/mol. The van der Waals surface area contributed by atoms with Gasteiger partial charge in [0.1, 0.15) is 0 Å². The van der Waals surface area contributed by atoms with Gasteiger partial charge in [-0.15, -0.1) is 12.4 Å². The third-order valence-electron chi connectivity index (χ3n) is 2.34. The molecule has 0 aliphatic rings. The zero-order valence-electron chi connectivity index (χ0n) is 10.2. The third-order valence-corrected chi connectivity index (χ3v) is 2.93. The van der Waals surface area contributed by atoms with Gasteiger partial charge in [-0.25, -0.2) is 0 Å². The Morgan fingerprint density at radius 2 is 2.00 bits per heavy atom. The molecular formula is C12H17Cl3N2O. The number of amides is 1. The minimum atomic E-state index is -0.502. The smallest absolute Gasteiger partial charge is 0.236 e. The molecule has 3 N–H and O–H groups in total. The second kappa shape index (κ2) is 7.85. The molecule has 0 aliphatic carbocycles. The molecule has 0 saturated heterocycles. The van der Waals surface area contributed by atoms with Gasteiger partial charge in [0, 0.05) is 16.1 Å². The minimum Gasteiger partial charge on any atom is -0.352 e. The first-order valence-electron chi connectivity index (χ1n) is 5.40. The maximum absolute atomic E-state index is 11.4. The van der Waals surface area contributed by atoms with Crippen molar-refractivity contribution in [3.63, 3.8) is 0 Å². The molecule has 0 bridgehead atoms. The second-order valence-electron chi connectivity index (χ2n) is 4.14. The Morgan fingerprint density at radius 1 is 1.39 bits per heavy atom. The topological polar surface area (TPSA) is 55.1 Å². The molecule has 0 heterocycles. The molecule has 1 aromatic carbocycles. The quantitative estimate of drug-likeness (QED) is 0.898. The molecule has 1 amide bonds. The van der Waals surface area contributed by atoms with E-state index < -0.39 is 6.04 Å². The van der Waals surface area contributed by atoms with Crippen molar-refractivity contribution >= 4 is 41.5 Å². The van der Waals surface area contributed by atoms with E-state index in [1.165, 1.54) is 0 Å². The van der Waals surface area contributed by atoms with Crippen molar-refractivity contribution in [3.05, 3.63) is 33.8 Å². The average molecular weight is 312 g/mol. The van der Waals surface area contributed by atoms with Crippen LogP contribution < -0.4 is 11.1 Å². The Hall–Kier alpha value is -0.480. The van der Waals surface area contributed by atoms with Crippen molar-refractivity contribution in [3.8, 4) is 0 Å². The van der Waals surface area contributed by atoms with Gasteiger partial charge in [0.25, 0.3) is 0 Å². The fourth-order valence-electron chi connectivity index (χ4n) is 1.44. The summed E-state index contributed by atoms with van der Waals surface area (Å²) < 4.78 is 0. The highest BCUT2D eigenvalue weighted by Crippen LogP contribution is 2.22. The van der Waals surface area contributed by atoms with E-state index in [2.05, 4.69) is 5.32 Å². The molecule has 0 aliphatic heterocycles. The number of carbonyl (C=O) groups excluding carboxylic acids is 1. The van der Waals surface area contributed by atoms with Crippen LogP contribution in [0.3, 0.4) is 0 Å². The number of nitrogens with two attached hydrogens (primary N) is 1. The zero-order chi connectivity index (χ0) is 13.0. The highest BCUT2D eigenvalue weighted by molar-refractivity contribution is 6.35. The van der Waals surface area contributed by atoms with Crippen molar-refractivity contribution in [2.45, 2.75) is 32.4 Å². The van der Waals surface area contributed by atoms with Crippen LogP contribution in [0.25, 0.3) is 0 Å². The average Bonchev–Trinajstić information content (AvgIpc) is 2.22. The summed E-state index contributed by atoms with van der Waals surface area (Å²) in [5.41, 5.74) is 6.42. The van der Waals surface area contributed by atoms with Crippen LogP contribution in [0.15, 0.2) is 18.2 Å². The van der Waals surface area contributed by atoms with Crippen LogP contribution in [0.4, 0.5) is 0 Å². The molecule has 0 aromatic heterocycles. The summed E-state index contributed by atoms with van der Waals surface area (Å²) in [4.78, 5) is 11.4. The van der Waals surface area contributed by atoms with E-state index in [9.17, 15) is 4.79 Å². The SMILES string of the molecule is CC(Cc1ccc(Cl)cc1Cl)NC(=O)[C@@H](C)N.Cl. The van der Waals surface area contributed by atoms with Gasteiger partial charge in [-0.05, 0) is 38.0 Å². The van der Waals surface area contributed by atoms with Crippen LogP contribution in [0, 0.1) is 0 Å². The van der Waals surface area contributed by atoms with E-state index >= 15 is 0 Å². The molecule has 18 heavy (non-hydrogen) atoms. The molecule has 0 saturated carbocycles. The van der Waals surface area contributed by atoms with Crippen molar-refractivity contribution in [1.82, 2.24) is 5.32 Å². The summed E-state index contributed by atoms with van der Waals surface area (Å²) >= 11 is 11.9. The predicted octanol–water partition coefficient (Wildman–Crippen LogP) is 2.81. The van der Waals surface area contributed by atoms with E-state index in [1.54, 1.807) is 19.1 Å². The lowest BCUT2D eigenvalue weighted by Gasteiger charge is -2.16. The van der Waals surface area contributed by atoms with E-state index in [0.29, 0.717) is 16.5 Å². The molecule has 0 radical (unpaired) electrons. The zero-order valence-corrected chi connectivity index (χ0v) is 12.6. The molecule has 6 heteroatoms. The van der Waals surface area contributed by atoms with E-state index in [0.717, 1.165) is 5.56 Å². The second-order valence-corrected chi connectivity index (χ2v) is 4.98. The van der Waals surface area contributed by atoms with Crippen LogP contribution >= 0.6 is 35.6 Å². The number of benzene rings is 1. The highest BCUT2D eigenvalue weighted by atomic mass is 35.5. The summed E-state index contributed by atoms with van der Waals surface area (Å²) in [7, 11) is 0. The van der Waals surface area contributed by atoms with Gasteiger partial charge in [-0.1, -0.05) is 29.3 Å². The summed E-state index contributed by atoms with van der Waals surface area (Å²) in [5, 5.41) is 4.03. The molecule has 1 unspecified atom stereocenters. The van der Waals surface area contributed by atoms with Crippen LogP contribution in [0.5, 0.6) is 0 Å². The summed E-state index contributed by atoms with van der Waals surface area (Å²) in [6, 6.07) is 4.81. The Bertz CT molecular complexity index is 410. The van der Waals surface area contributed by atoms with E-state index in [-0.39, 0.29) is 24.4 Å². The van der Waals surface area contributed by atoms with Crippen LogP contribution in [-0.2, 0) is 11.2 Å². The van der Waals surface area contributed by atoms with Crippen LogP contribution in [0.1, 0.15) is 19.4 Å². The molecule has 0 spiro atoms. The van der Waals surface area contributed by atoms with Gasteiger partial charge in [-0.2, -0.15) is 0 Å². The van der Waals surface area contributed by atoms with E-state index in [1.807, 2.05) is 13.0 Å². The van der Waals surface area contributed by atoms with Gasteiger partial charge >= 0.3 is 0 Å². The molecule has 2 atom stereocenters. The van der Waals surface area contributed by atoms with Crippen molar-refractivity contribution in [2.75, 3.05) is 0 Å². The van der Waals surface area contributed by atoms with Crippen LogP contribution in [-0.4, -0.2) is 18.0 Å². The Labute approximate surface area is 123 Å². The lowest BCUT2D eigenvalue weighted by atomic mass is 10.1. The Morgan fingerprint density at radius 3 is 2.50 bits per heavy atom. The minimum absolute atomic E-state index is 0. The summed E-state index contributed by atoms with van der Waals surface area (Å²) in [6.07, 6.45) is 0.647. The normalized spacial score (nSPS) is 13.4. The molecule has 102 valence electrons. The van der Waals surface area contributed by atoms with Gasteiger partial charge in [0.2, 0.25) is 5.91 Å². The number of hydrogen-bond acceptors (Lipinski definition) is 2. The number of nitrogens with one attached hydrogen (secondary N) is 1. The number of rotatable bonds is 4. The Kier molecular flexibility index (Phi) is 7.64. The first-order valence-corrected chi connectivity index (χ1v) is 6.15. The maximum Gasteiger partial charge on any atom is 0.236 e. The molecule has 1 aromatic rings. The lowest BCUT2D eigenvalue weighted by Crippen LogP contribution is -2.43. The standard InChI is InChI=1S/C12H16Cl2N2O.ClH/c1-7(16-12(17)8(2)15)5-9-3-4-10(13)6-11(9)14;/h3-4,6-8H,5,15H2,1-2H3,(H,16,17);1H/t7?,8-;/m1./s1. The fraction of sp³-hybridized carbons (Fsp3) is 0.417. The number of carbonyl (C=O) groups is 1. The molecule has 0 fully saturated rings. The van der Waals surface area contributed by atoms with Crippen molar-refractivity contribution in [1.29, 1.82) is 0 Å². The Balaban J connectivity index is 0.00000289. The van der Waals surface area contributed by atoms with Gasteiger partial charge in [0.15, 0.2) is 0 Å². The first-order chi connectivity index (χ1) is 7.90. The molecule has 3 nitrogen and oxygen atoms in total. The molecule has 1 rings (SSSR count). The van der Waals surface area contributed by atoms with Crippen LogP contribution in [0.2, 0.25) is 10.0 Å².